The molecular formula is C22H24. The van der Waals surface area contributed by atoms with Gasteiger partial charge >= 0.3 is 0 Å². The third-order valence-electron chi connectivity index (χ3n) is 3.52. The van der Waals surface area contributed by atoms with E-state index in [1.807, 2.05) is 13.8 Å². The predicted molar refractivity (Wildman–Crippen MR) is 98.1 cm³/mol. The van der Waals surface area contributed by atoms with Gasteiger partial charge in [0.05, 0.1) is 0 Å². The minimum atomic E-state index is 1.26. The Morgan fingerprint density at radius 1 is 0.455 bits per heavy atom. The lowest BCUT2D eigenvalue weighted by atomic mass is 9.97. The summed E-state index contributed by atoms with van der Waals surface area (Å²) in [6.07, 6.45) is 0. The average Bonchev–Trinajstić information content (AvgIpc) is 2.57. The van der Waals surface area contributed by atoms with Gasteiger partial charge in [-0.15, -0.1) is 0 Å². The molecule has 0 spiro atoms. The van der Waals surface area contributed by atoms with Gasteiger partial charge in [-0.2, -0.15) is 0 Å². The van der Waals surface area contributed by atoms with E-state index in [4.69, 9.17) is 0 Å². The highest BCUT2D eigenvalue weighted by atomic mass is 14.1. The van der Waals surface area contributed by atoms with Crippen molar-refractivity contribution in [3.63, 3.8) is 0 Å². The van der Waals surface area contributed by atoms with E-state index in [1.165, 1.54) is 33.4 Å². The van der Waals surface area contributed by atoms with E-state index in [2.05, 4.69) is 86.6 Å². The summed E-state index contributed by atoms with van der Waals surface area (Å²) in [5, 5.41) is 0. The largest absolute Gasteiger partial charge is 0.0683 e. The summed E-state index contributed by atoms with van der Waals surface area (Å²) < 4.78 is 0. The van der Waals surface area contributed by atoms with Crippen molar-refractivity contribution in [3.05, 3.63) is 83.9 Å². The molecule has 0 aliphatic heterocycles. The van der Waals surface area contributed by atoms with Crippen LogP contribution in [-0.2, 0) is 0 Å². The van der Waals surface area contributed by atoms with E-state index in [9.17, 15) is 0 Å². The summed E-state index contributed by atoms with van der Waals surface area (Å²) in [7, 11) is 0. The summed E-state index contributed by atoms with van der Waals surface area (Å²) in [4.78, 5) is 0. The number of hydrogen-bond acceptors (Lipinski definition) is 0. The molecule has 0 heteroatoms. The zero-order valence-electron chi connectivity index (χ0n) is 13.9. The second-order valence-corrected chi connectivity index (χ2v) is 5.32. The van der Waals surface area contributed by atoms with E-state index in [1.54, 1.807) is 0 Å². The fourth-order valence-corrected chi connectivity index (χ4v) is 2.65. The molecule has 0 heterocycles. The normalized spacial score (nSPS) is 9.82. The standard InChI is InChI=1S/C20H18.C2H6/c1-15-11-16(2)13-20(12-15)19-10-6-9-18(14-19)17-7-4-3-5-8-17;1-2/h3-14H,1-2H3;1-2H3. The number of rotatable bonds is 2. The summed E-state index contributed by atoms with van der Waals surface area (Å²) in [5.41, 5.74) is 7.72. The monoisotopic (exact) mass is 288 g/mol. The molecule has 0 bridgehead atoms. The maximum Gasteiger partial charge on any atom is -0.0178 e. The summed E-state index contributed by atoms with van der Waals surface area (Å²) in [6.45, 7) is 8.30. The van der Waals surface area contributed by atoms with Gasteiger partial charge < -0.3 is 0 Å². The summed E-state index contributed by atoms with van der Waals surface area (Å²) >= 11 is 0. The van der Waals surface area contributed by atoms with Gasteiger partial charge in [0.1, 0.15) is 0 Å². The summed E-state index contributed by atoms with van der Waals surface area (Å²) in [6, 6.07) is 26.0. The first kappa shape index (κ1) is 16.0. The quantitative estimate of drug-likeness (QED) is 0.494. The van der Waals surface area contributed by atoms with Crippen molar-refractivity contribution >= 4 is 0 Å². The van der Waals surface area contributed by atoms with Crippen LogP contribution in [-0.4, -0.2) is 0 Å². The Hall–Kier alpha value is -2.34. The zero-order valence-corrected chi connectivity index (χ0v) is 13.9. The van der Waals surface area contributed by atoms with Crippen LogP contribution in [0.3, 0.4) is 0 Å². The topological polar surface area (TPSA) is 0 Å². The molecule has 0 saturated carbocycles. The van der Waals surface area contributed by atoms with Gasteiger partial charge in [0.15, 0.2) is 0 Å². The van der Waals surface area contributed by atoms with Crippen LogP contribution in [0, 0.1) is 13.8 Å². The van der Waals surface area contributed by atoms with E-state index in [0.717, 1.165) is 0 Å². The van der Waals surface area contributed by atoms with Crippen LogP contribution in [0.25, 0.3) is 22.3 Å². The van der Waals surface area contributed by atoms with Crippen molar-refractivity contribution in [1.82, 2.24) is 0 Å². The molecule has 22 heavy (non-hydrogen) atoms. The van der Waals surface area contributed by atoms with E-state index < -0.39 is 0 Å². The lowest BCUT2D eigenvalue weighted by Gasteiger charge is -2.08. The first-order valence-electron chi connectivity index (χ1n) is 7.96. The highest BCUT2D eigenvalue weighted by molar-refractivity contribution is 5.73. The molecule has 0 fully saturated rings. The molecule has 0 saturated heterocycles. The Morgan fingerprint density at radius 3 is 1.55 bits per heavy atom. The van der Waals surface area contributed by atoms with Crippen LogP contribution in [0.4, 0.5) is 0 Å². The van der Waals surface area contributed by atoms with Gasteiger partial charge in [-0.25, -0.2) is 0 Å². The smallest absolute Gasteiger partial charge is 0.0178 e. The molecular weight excluding hydrogens is 264 g/mol. The molecule has 0 amide bonds. The maximum atomic E-state index is 2.27. The van der Waals surface area contributed by atoms with Crippen LogP contribution < -0.4 is 0 Å². The molecule has 0 N–H and O–H groups in total. The number of aryl methyl sites for hydroxylation is 2. The SMILES string of the molecule is CC.Cc1cc(C)cc(-c2cccc(-c3ccccc3)c2)c1. The third-order valence-corrected chi connectivity index (χ3v) is 3.52. The molecule has 0 aromatic heterocycles. The van der Waals surface area contributed by atoms with Crippen LogP contribution in [0.1, 0.15) is 25.0 Å². The molecule has 112 valence electrons. The van der Waals surface area contributed by atoms with Gasteiger partial charge in [-0.05, 0) is 42.2 Å². The van der Waals surface area contributed by atoms with Gasteiger partial charge in [0, 0.05) is 0 Å². The molecule has 3 rings (SSSR count). The molecule has 3 aromatic carbocycles. The van der Waals surface area contributed by atoms with Gasteiger partial charge in [0.2, 0.25) is 0 Å². The number of hydrogen-bond donors (Lipinski definition) is 0. The first-order valence-corrected chi connectivity index (χ1v) is 7.96. The van der Waals surface area contributed by atoms with E-state index in [-0.39, 0.29) is 0 Å². The third kappa shape index (κ3) is 3.85. The Labute approximate surface area is 134 Å². The molecule has 0 radical (unpaired) electrons. The second-order valence-electron chi connectivity index (χ2n) is 5.32. The predicted octanol–water partition coefficient (Wildman–Crippen LogP) is 6.66. The number of benzene rings is 3. The maximum absolute atomic E-state index is 2.27. The van der Waals surface area contributed by atoms with Crippen LogP contribution in [0.5, 0.6) is 0 Å². The average molecular weight is 288 g/mol. The Bertz CT molecular complexity index is 704. The van der Waals surface area contributed by atoms with Crippen molar-refractivity contribution in [3.8, 4) is 22.3 Å². The second kappa shape index (κ2) is 7.61. The summed E-state index contributed by atoms with van der Waals surface area (Å²) in [5.74, 6) is 0. The van der Waals surface area contributed by atoms with Crippen molar-refractivity contribution in [2.24, 2.45) is 0 Å². The van der Waals surface area contributed by atoms with Crippen molar-refractivity contribution in [2.45, 2.75) is 27.7 Å². The lowest BCUT2D eigenvalue weighted by molar-refractivity contribution is 1.38. The molecule has 0 nitrogen and oxygen atoms in total. The molecule has 0 atom stereocenters. The molecule has 0 aliphatic rings. The van der Waals surface area contributed by atoms with Crippen molar-refractivity contribution in [2.75, 3.05) is 0 Å². The van der Waals surface area contributed by atoms with Crippen molar-refractivity contribution < 1.29 is 0 Å². The lowest BCUT2D eigenvalue weighted by Crippen LogP contribution is -1.84. The van der Waals surface area contributed by atoms with E-state index >= 15 is 0 Å². The molecule has 3 aromatic rings. The fraction of sp³-hybridized carbons (Fsp3) is 0.182. The first-order chi connectivity index (χ1) is 10.7. The molecule has 0 aliphatic carbocycles. The zero-order chi connectivity index (χ0) is 15.9. The molecule has 0 unspecified atom stereocenters. The van der Waals surface area contributed by atoms with Crippen LogP contribution >= 0.6 is 0 Å². The van der Waals surface area contributed by atoms with Gasteiger partial charge in [-0.3, -0.25) is 0 Å². The Balaban J connectivity index is 0.000000847. The Kier molecular flexibility index (Phi) is 5.55. The highest BCUT2D eigenvalue weighted by Gasteiger charge is 2.02. The minimum Gasteiger partial charge on any atom is -0.0683 e. The van der Waals surface area contributed by atoms with Gasteiger partial charge in [0.25, 0.3) is 0 Å². The van der Waals surface area contributed by atoms with Crippen LogP contribution in [0.15, 0.2) is 72.8 Å². The van der Waals surface area contributed by atoms with Gasteiger partial charge in [-0.1, -0.05) is 91.7 Å². The van der Waals surface area contributed by atoms with Crippen LogP contribution in [0.2, 0.25) is 0 Å². The minimum absolute atomic E-state index is 1.26. The van der Waals surface area contributed by atoms with E-state index in [0.29, 0.717) is 0 Å². The Morgan fingerprint density at radius 2 is 0.955 bits per heavy atom. The van der Waals surface area contributed by atoms with Crippen molar-refractivity contribution in [1.29, 1.82) is 0 Å². The highest BCUT2D eigenvalue weighted by Crippen LogP contribution is 2.27. The fourth-order valence-electron chi connectivity index (χ4n) is 2.65.